The molecule has 1 aliphatic rings. The van der Waals surface area contributed by atoms with Crippen LogP contribution in [0.5, 0.6) is 0 Å². The zero-order valence-corrected chi connectivity index (χ0v) is 21.8. The second-order valence-electron chi connectivity index (χ2n) is 8.87. The molecule has 0 radical (unpaired) electrons. The number of hydrogen-bond acceptors (Lipinski definition) is 6. The van der Waals surface area contributed by atoms with E-state index in [4.69, 9.17) is 16.3 Å². The summed E-state index contributed by atoms with van der Waals surface area (Å²) in [7, 11) is 0. The number of amides is 3. The van der Waals surface area contributed by atoms with Crippen molar-refractivity contribution in [2.24, 2.45) is 0 Å². The lowest BCUT2D eigenvalue weighted by Crippen LogP contribution is -2.32. The number of ether oxygens (including phenoxy) is 1. The molecule has 206 valence electrons. The molecule has 1 aliphatic heterocycles. The molecule has 40 heavy (non-hydrogen) atoms. The molecule has 4 rings (SSSR count). The Morgan fingerprint density at radius 3 is 2.10 bits per heavy atom. The van der Waals surface area contributed by atoms with Gasteiger partial charge in [-0.15, -0.1) is 0 Å². The minimum Gasteiger partial charge on any atom is -0.459 e. The van der Waals surface area contributed by atoms with Gasteiger partial charge in [0.2, 0.25) is 0 Å². The van der Waals surface area contributed by atoms with Crippen molar-refractivity contribution in [3.63, 3.8) is 0 Å². The van der Waals surface area contributed by atoms with Crippen LogP contribution in [0.25, 0.3) is 0 Å². The third kappa shape index (κ3) is 6.15. The molecule has 3 aromatic rings. The van der Waals surface area contributed by atoms with Crippen molar-refractivity contribution < 1.29 is 37.1 Å². The Labute approximate surface area is 231 Å². The first-order chi connectivity index (χ1) is 18.8. The fraction of sp³-hybridized carbons (Fsp3) is 0.143. The summed E-state index contributed by atoms with van der Waals surface area (Å²) in [5, 5.41) is 4.81. The van der Waals surface area contributed by atoms with E-state index in [2.05, 4.69) is 10.6 Å². The minimum atomic E-state index is -4.55. The summed E-state index contributed by atoms with van der Waals surface area (Å²) >= 11 is 6.16. The van der Waals surface area contributed by atoms with Gasteiger partial charge in [0.05, 0.1) is 22.9 Å². The van der Waals surface area contributed by atoms with Crippen molar-refractivity contribution in [1.82, 2.24) is 0 Å². The molecule has 0 spiro atoms. The van der Waals surface area contributed by atoms with Gasteiger partial charge < -0.3 is 15.4 Å². The van der Waals surface area contributed by atoms with Crippen LogP contribution in [0.4, 0.5) is 30.2 Å². The number of carbonyl (C=O) groups is 4. The molecular weight excluding hydrogens is 551 g/mol. The van der Waals surface area contributed by atoms with Gasteiger partial charge in [-0.25, -0.2) is 9.69 Å². The first-order valence-electron chi connectivity index (χ1n) is 11.8. The molecule has 0 saturated heterocycles. The minimum absolute atomic E-state index is 0.0287. The van der Waals surface area contributed by atoms with Gasteiger partial charge in [0.15, 0.2) is 0 Å². The third-order valence-corrected chi connectivity index (χ3v) is 5.95. The predicted molar refractivity (Wildman–Crippen MR) is 142 cm³/mol. The standard InChI is InChI=1S/C28H21ClF3N3O5/c1-15(2)40-27(39)17-8-12-21(13-9-17)35-25(37)22(29)23(26(35)38)33-19-10-6-16(7-11-19)24(36)34-20-5-3-4-18(14-20)28(30,31)32/h3-15,33H,1-2H3,(H,34,36). The van der Waals surface area contributed by atoms with Gasteiger partial charge in [-0.1, -0.05) is 17.7 Å². The summed E-state index contributed by atoms with van der Waals surface area (Å²) in [6, 6.07) is 15.5. The quantitative estimate of drug-likeness (QED) is 0.268. The molecule has 0 fully saturated rings. The number of alkyl halides is 3. The Morgan fingerprint density at radius 2 is 1.50 bits per heavy atom. The molecule has 8 nitrogen and oxygen atoms in total. The Hall–Kier alpha value is -4.64. The lowest BCUT2D eigenvalue weighted by molar-refractivity contribution is -0.137. The molecule has 0 aliphatic carbocycles. The first-order valence-corrected chi connectivity index (χ1v) is 12.2. The summed E-state index contributed by atoms with van der Waals surface area (Å²) in [5.74, 6) is -2.71. The highest BCUT2D eigenvalue weighted by atomic mass is 35.5. The average Bonchev–Trinajstić information content (AvgIpc) is 3.11. The highest BCUT2D eigenvalue weighted by molar-refractivity contribution is 6.53. The van der Waals surface area contributed by atoms with Gasteiger partial charge in [-0.3, -0.25) is 14.4 Å². The van der Waals surface area contributed by atoms with Gasteiger partial charge in [0.1, 0.15) is 10.7 Å². The van der Waals surface area contributed by atoms with E-state index < -0.39 is 35.4 Å². The van der Waals surface area contributed by atoms with Gasteiger partial charge in [0.25, 0.3) is 17.7 Å². The number of benzene rings is 3. The maximum absolute atomic E-state index is 13.0. The van der Waals surface area contributed by atoms with Crippen LogP contribution in [-0.2, 0) is 20.5 Å². The molecule has 0 bridgehead atoms. The van der Waals surface area contributed by atoms with E-state index in [1.807, 2.05) is 0 Å². The van der Waals surface area contributed by atoms with Crippen LogP contribution >= 0.6 is 11.6 Å². The molecule has 0 unspecified atom stereocenters. The lowest BCUT2D eigenvalue weighted by atomic mass is 10.1. The molecular formula is C28H21ClF3N3O5. The number of nitrogens with one attached hydrogen (secondary N) is 2. The SMILES string of the molecule is CC(C)OC(=O)c1ccc(N2C(=O)C(Cl)=C(Nc3ccc(C(=O)Nc4cccc(C(F)(F)F)c4)cc3)C2=O)cc1. The predicted octanol–water partition coefficient (Wildman–Crippen LogP) is 5.96. The molecule has 12 heteroatoms. The summed E-state index contributed by atoms with van der Waals surface area (Å²) in [6.07, 6.45) is -4.87. The van der Waals surface area contributed by atoms with Crippen molar-refractivity contribution >= 4 is 52.4 Å². The fourth-order valence-corrected chi connectivity index (χ4v) is 3.91. The van der Waals surface area contributed by atoms with E-state index in [0.717, 1.165) is 17.0 Å². The number of nitrogens with zero attached hydrogens (tertiary/aromatic N) is 1. The zero-order valence-electron chi connectivity index (χ0n) is 21.0. The van der Waals surface area contributed by atoms with Gasteiger partial charge in [-0.05, 0) is 80.6 Å². The topological polar surface area (TPSA) is 105 Å². The van der Waals surface area contributed by atoms with Crippen molar-refractivity contribution in [3.05, 3.63) is 100 Å². The van der Waals surface area contributed by atoms with Crippen molar-refractivity contribution in [2.45, 2.75) is 26.1 Å². The molecule has 0 saturated carbocycles. The fourth-order valence-electron chi connectivity index (χ4n) is 3.70. The van der Waals surface area contributed by atoms with Crippen molar-refractivity contribution in [3.8, 4) is 0 Å². The Bertz CT molecular complexity index is 1520. The van der Waals surface area contributed by atoms with Crippen molar-refractivity contribution in [2.75, 3.05) is 15.5 Å². The van der Waals surface area contributed by atoms with Crippen LogP contribution < -0.4 is 15.5 Å². The van der Waals surface area contributed by atoms with E-state index in [1.165, 1.54) is 60.7 Å². The second kappa shape index (κ2) is 11.2. The molecule has 0 aromatic heterocycles. The normalized spacial score (nSPS) is 13.6. The number of halogens is 4. The number of imide groups is 1. The second-order valence-corrected chi connectivity index (χ2v) is 9.25. The Kier molecular flexibility index (Phi) is 7.96. The van der Waals surface area contributed by atoms with E-state index in [-0.39, 0.29) is 39.3 Å². The first kappa shape index (κ1) is 28.4. The largest absolute Gasteiger partial charge is 0.459 e. The number of hydrogen-bond donors (Lipinski definition) is 2. The number of rotatable bonds is 7. The maximum Gasteiger partial charge on any atom is 0.416 e. The van der Waals surface area contributed by atoms with Gasteiger partial charge >= 0.3 is 12.1 Å². The maximum atomic E-state index is 13.0. The van der Waals surface area contributed by atoms with Crippen LogP contribution in [0.2, 0.25) is 0 Å². The molecule has 3 aromatic carbocycles. The van der Waals surface area contributed by atoms with Crippen LogP contribution in [0.1, 0.15) is 40.1 Å². The number of anilines is 3. The number of carbonyl (C=O) groups excluding carboxylic acids is 4. The van der Waals surface area contributed by atoms with Gasteiger partial charge in [0, 0.05) is 16.9 Å². The van der Waals surface area contributed by atoms with Crippen molar-refractivity contribution in [1.29, 1.82) is 0 Å². The molecule has 1 heterocycles. The molecule has 0 atom stereocenters. The van der Waals surface area contributed by atoms with Crippen LogP contribution in [0.15, 0.2) is 83.5 Å². The summed E-state index contributed by atoms with van der Waals surface area (Å²) in [5.41, 5.74) is -0.244. The van der Waals surface area contributed by atoms with E-state index in [1.54, 1.807) is 13.8 Å². The van der Waals surface area contributed by atoms with Crippen LogP contribution in [0, 0.1) is 0 Å². The Morgan fingerprint density at radius 1 is 0.875 bits per heavy atom. The highest BCUT2D eigenvalue weighted by Crippen LogP contribution is 2.32. The molecule has 3 amide bonds. The van der Waals surface area contributed by atoms with Gasteiger partial charge in [-0.2, -0.15) is 13.2 Å². The highest BCUT2D eigenvalue weighted by Gasteiger charge is 2.39. The third-order valence-electron chi connectivity index (χ3n) is 5.60. The van der Waals surface area contributed by atoms with E-state index in [9.17, 15) is 32.3 Å². The summed E-state index contributed by atoms with van der Waals surface area (Å²) in [4.78, 5) is 51.2. The van der Waals surface area contributed by atoms with Crippen LogP contribution in [0.3, 0.4) is 0 Å². The lowest BCUT2D eigenvalue weighted by Gasteiger charge is -2.16. The van der Waals surface area contributed by atoms with Crippen LogP contribution in [-0.4, -0.2) is 29.8 Å². The summed E-state index contributed by atoms with van der Waals surface area (Å²) in [6.45, 7) is 3.41. The smallest absolute Gasteiger partial charge is 0.416 e. The Balaban J connectivity index is 1.44. The molecule has 2 N–H and O–H groups in total. The summed E-state index contributed by atoms with van der Waals surface area (Å²) < 4.78 is 43.9. The van der Waals surface area contributed by atoms with E-state index >= 15 is 0 Å². The number of esters is 1. The average molecular weight is 572 g/mol. The van der Waals surface area contributed by atoms with E-state index in [0.29, 0.717) is 5.69 Å². The zero-order chi connectivity index (χ0) is 29.2. The monoisotopic (exact) mass is 571 g/mol.